The molecule has 0 unspecified atom stereocenters. The average molecular weight is 414 g/mol. The third kappa shape index (κ3) is 4.90. The molecule has 28 heavy (non-hydrogen) atoms. The number of halogens is 1. The first-order valence-electron chi connectivity index (χ1n) is 9.09. The molecule has 0 radical (unpaired) electrons. The molecule has 0 spiro atoms. The van der Waals surface area contributed by atoms with Gasteiger partial charge < -0.3 is 4.74 Å². The van der Waals surface area contributed by atoms with Crippen LogP contribution in [0, 0.1) is 0 Å². The number of nitrogens with one attached hydrogen (secondary N) is 1. The summed E-state index contributed by atoms with van der Waals surface area (Å²) in [4.78, 5) is 20.4. The Kier molecular flexibility index (Phi) is 5.90. The number of carbonyl (C=O) groups is 1. The van der Waals surface area contributed by atoms with Crippen LogP contribution in [0.5, 0.6) is 5.75 Å². The Morgan fingerprint density at radius 3 is 2.75 bits per heavy atom. The Hall–Kier alpha value is -2.41. The normalized spacial score (nSPS) is 13.8. The fourth-order valence-electron chi connectivity index (χ4n) is 3.11. The number of aromatic nitrogens is 1. The zero-order valence-electron chi connectivity index (χ0n) is 15.2. The summed E-state index contributed by atoms with van der Waals surface area (Å²) < 4.78 is 5.48. The lowest BCUT2D eigenvalue weighted by atomic mass is 10.1. The Morgan fingerprint density at radius 1 is 1.18 bits per heavy atom. The van der Waals surface area contributed by atoms with Crippen molar-refractivity contribution in [2.45, 2.75) is 19.5 Å². The standard InChI is InChI=1S/C21H20ClN3O2S/c22-16-6-8-17(9-7-16)27-14-20(26)24-21-23-18-10-11-25(13-19(18)28-21)12-15-4-2-1-3-5-15/h1-9H,10-14H2,(H,23,24,26). The van der Waals surface area contributed by atoms with Crippen LogP contribution in [0.15, 0.2) is 54.6 Å². The second-order valence-electron chi connectivity index (χ2n) is 6.63. The number of amides is 1. The highest BCUT2D eigenvalue weighted by molar-refractivity contribution is 7.15. The minimum atomic E-state index is -0.220. The number of benzene rings is 2. The topological polar surface area (TPSA) is 54.5 Å². The Labute approximate surface area is 172 Å². The van der Waals surface area contributed by atoms with Gasteiger partial charge in [0.2, 0.25) is 0 Å². The molecule has 0 aliphatic carbocycles. The van der Waals surface area contributed by atoms with E-state index in [1.807, 2.05) is 6.07 Å². The van der Waals surface area contributed by atoms with Crippen molar-refractivity contribution in [1.82, 2.24) is 9.88 Å². The van der Waals surface area contributed by atoms with Crippen molar-refractivity contribution in [2.24, 2.45) is 0 Å². The molecule has 4 rings (SSSR count). The molecule has 1 aliphatic rings. The smallest absolute Gasteiger partial charge is 0.264 e. The van der Waals surface area contributed by atoms with Gasteiger partial charge in [0, 0.05) is 36.0 Å². The highest BCUT2D eigenvalue weighted by Crippen LogP contribution is 2.29. The fourth-order valence-corrected chi connectivity index (χ4v) is 4.31. The molecule has 1 N–H and O–H groups in total. The number of hydrogen-bond acceptors (Lipinski definition) is 5. The molecule has 0 bridgehead atoms. The maximum Gasteiger partial charge on any atom is 0.264 e. The predicted molar refractivity (Wildman–Crippen MR) is 112 cm³/mol. The molecule has 3 aromatic rings. The molecule has 5 nitrogen and oxygen atoms in total. The number of hydrogen-bond donors (Lipinski definition) is 1. The molecule has 2 heterocycles. The van der Waals surface area contributed by atoms with Crippen molar-refractivity contribution in [2.75, 3.05) is 18.5 Å². The first-order chi connectivity index (χ1) is 13.7. The maximum atomic E-state index is 12.2. The Bertz CT molecular complexity index is 944. The van der Waals surface area contributed by atoms with E-state index in [4.69, 9.17) is 16.3 Å². The van der Waals surface area contributed by atoms with E-state index in [-0.39, 0.29) is 12.5 Å². The second kappa shape index (κ2) is 8.73. The summed E-state index contributed by atoms with van der Waals surface area (Å²) in [5, 5.41) is 4.11. The van der Waals surface area contributed by atoms with Crippen molar-refractivity contribution in [3.05, 3.63) is 75.8 Å². The van der Waals surface area contributed by atoms with Gasteiger partial charge in [0.05, 0.1) is 5.69 Å². The van der Waals surface area contributed by atoms with Crippen LogP contribution in [-0.2, 0) is 24.3 Å². The number of carbonyl (C=O) groups excluding carboxylic acids is 1. The highest BCUT2D eigenvalue weighted by Gasteiger charge is 2.21. The first-order valence-corrected chi connectivity index (χ1v) is 10.3. The fraction of sp³-hybridized carbons (Fsp3) is 0.238. The summed E-state index contributed by atoms with van der Waals surface area (Å²) in [6, 6.07) is 17.4. The van der Waals surface area contributed by atoms with Crippen LogP contribution in [-0.4, -0.2) is 28.9 Å². The number of rotatable bonds is 6. The van der Waals surface area contributed by atoms with Gasteiger partial charge in [0.1, 0.15) is 5.75 Å². The average Bonchev–Trinajstić information content (AvgIpc) is 3.10. The van der Waals surface area contributed by atoms with Gasteiger partial charge in [-0.2, -0.15) is 0 Å². The van der Waals surface area contributed by atoms with Crippen LogP contribution in [0.2, 0.25) is 5.02 Å². The molecular weight excluding hydrogens is 394 g/mol. The van der Waals surface area contributed by atoms with Gasteiger partial charge in [-0.05, 0) is 29.8 Å². The van der Waals surface area contributed by atoms with Crippen molar-refractivity contribution < 1.29 is 9.53 Å². The summed E-state index contributed by atoms with van der Waals surface area (Å²) >= 11 is 7.39. The molecule has 1 aliphatic heterocycles. The third-order valence-electron chi connectivity index (χ3n) is 4.49. The van der Waals surface area contributed by atoms with E-state index in [2.05, 4.69) is 39.5 Å². The minimum absolute atomic E-state index is 0.0635. The molecule has 1 amide bonds. The number of nitrogens with zero attached hydrogens (tertiary/aromatic N) is 2. The highest BCUT2D eigenvalue weighted by atomic mass is 35.5. The van der Waals surface area contributed by atoms with Gasteiger partial charge in [0.25, 0.3) is 5.91 Å². The lowest BCUT2D eigenvalue weighted by Crippen LogP contribution is -2.29. The van der Waals surface area contributed by atoms with E-state index in [9.17, 15) is 4.79 Å². The molecule has 1 aromatic heterocycles. The van der Waals surface area contributed by atoms with Gasteiger partial charge >= 0.3 is 0 Å². The molecule has 7 heteroatoms. The van der Waals surface area contributed by atoms with E-state index >= 15 is 0 Å². The van der Waals surface area contributed by atoms with E-state index in [1.165, 1.54) is 10.4 Å². The van der Waals surface area contributed by atoms with Crippen molar-refractivity contribution >= 4 is 34.0 Å². The van der Waals surface area contributed by atoms with Gasteiger partial charge in [-0.1, -0.05) is 41.9 Å². The molecule has 2 aromatic carbocycles. The van der Waals surface area contributed by atoms with E-state index in [0.717, 1.165) is 31.7 Å². The predicted octanol–water partition coefficient (Wildman–Crippen LogP) is 4.37. The summed E-state index contributed by atoms with van der Waals surface area (Å²) in [7, 11) is 0. The third-order valence-corrected chi connectivity index (χ3v) is 5.74. The zero-order chi connectivity index (χ0) is 19.3. The number of thiazole rings is 1. The monoisotopic (exact) mass is 413 g/mol. The molecule has 0 fully saturated rings. The summed E-state index contributed by atoms with van der Waals surface area (Å²) in [6.07, 6.45) is 0.899. The maximum absolute atomic E-state index is 12.2. The summed E-state index contributed by atoms with van der Waals surface area (Å²) in [5.41, 5.74) is 2.39. The number of fused-ring (bicyclic) bond motifs is 1. The largest absolute Gasteiger partial charge is 0.484 e. The molecule has 0 atom stereocenters. The van der Waals surface area contributed by atoms with Crippen molar-refractivity contribution in [1.29, 1.82) is 0 Å². The zero-order valence-corrected chi connectivity index (χ0v) is 16.8. The van der Waals surface area contributed by atoms with E-state index in [0.29, 0.717) is 15.9 Å². The Balaban J connectivity index is 1.31. The SMILES string of the molecule is O=C(COc1ccc(Cl)cc1)Nc1nc2c(s1)CN(Cc1ccccc1)CC2. The van der Waals surface area contributed by atoms with Crippen LogP contribution in [0.4, 0.5) is 5.13 Å². The van der Waals surface area contributed by atoms with E-state index in [1.54, 1.807) is 35.6 Å². The minimum Gasteiger partial charge on any atom is -0.484 e. The molecule has 0 saturated carbocycles. The van der Waals surface area contributed by atoms with Crippen LogP contribution >= 0.6 is 22.9 Å². The van der Waals surface area contributed by atoms with Crippen molar-refractivity contribution in [3.8, 4) is 5.75 Å². The summed E-state index contributed by atoms with van der Waals surface area (Å²) in [5.74, 6) is 0.386. The van der Waals surface area contributed by atoms with Crippen LogP contribution in [0.1, 0.15) is 16.1 Å². The molecule has 144 valence electrons. The lowest BCUT2D eigenvalue weighted by Gasteiger charge is -2.25. The lowest BCUT2D eigenvalue weighted by molar-refractivity contribution is -0.118. The Morgan fingerprint density at radius 2 is 1.96 bits per heavy atom. The van der Waals surface area contributed by atoms with Crippen molar-refractivity contribution in [3.63, 3.8) is 0 Å². The second-order valence-corrected chi connectivity index (χ2v) is 8.15. The quantitative estimate of drug-likeness (QED) is 0.651. The van der Waals surface area contributed by atoms with Crippen LogP contribution in [0.25, 0.3) is 0 Å². The summed E-state index contributed by atoms with van der Waals surface area (Å²) in [6.45, 7) is 2.69. The van der Waals surface area contributed by atoms with Gasteiger partial charge in [0.15, 0.2) is 11.7 Å². The van der Waals surface area contributed by atoms with Crippen LogP contribution in [0.3, 0.4) is 0 Å². The van der Waals surface area contributed by atoms with Gasteiger partial charge in [-0.3, -0.25) is 15.0 Å². The van der Waals surface area contributed by atoms with Gasteiger partial charge in [-0.25, -0.2) is 4.98 Å². The van der Waals surface area contributed by atoms with E-state index < -0.39 is 0 Å². The molecule has 0 saturated heterocycles. The van der Waals surface area contributed by atoms with Gasteiger partial charge in [-0.15, -0.1) is 11.3 Å². The molecular formula is C21H20ClN3O2S. The number of ether oxygens (including phenoxy) is 1. The first kappa shape index (κ1) is 18.9. The number of anilines is 1. The van der Waals surface area contributed by atoms with Crippen LogP contribution < -0.4 is 10.1 Å².